The Balaban J connectivity index is 1.92. The molecule has 1 atom stereocenters. The second-order valence-corrected chi connectivity index (χ2v) is 4.48. The molecule has 8 heteroatoms. The van der Waals surface area contributed by atoms with Gasteiger partial charge in [0.25, 0.3) is 5.88 Å². The summed E-state index contributed by atoms with van der Waals surface area (Å²) in [5.74, 6) is 0.304. The number of amides is 1. The van der Waals surface area contributed by atoms with Crippen molar-refractivity contribution in [1.29, 1.82) is 0 Å². The van der Waals surface area contributed by atoms with Crippen LogP contribution in [0.5, 0.6) is 5.88 Å². The first-order chi connectivity index (χ1) is 9.60. The van der Waals surface area contributed by atoms with Crippen molar-refractivity contribution in [1.82, 2.24) is 10.5 Å². The van der Waals surface area contributed by atoms with Crippen LogP contribution in [0.15, 0.2) is 22.7 Å². The third-order valence-electron chi connectivity index (χ3n) is 2.47. The SMILES string of the molecule is CNC(=O)OCC(N)COc1noc2ccc(Cl)cc12. The summed E-state index contributed by atoms with van der Waals surface area (Å²) in [4.78, 5) is 10.9. The maximum Gasteiger partial charge on any atom is 0.406 e. The van der Waals surface area contributed by atoms with E-state index >= 15 is 0 Å². The van der Waals surface area contributed by atoms with E-state index in [4.69, 9.17) is 31.3 Å². The normalized spacial score (nSPS) is 12.2. The summed E-state index contributed by atoms with van der Waals surface area (Å²) >= 11 is 5.90. The van der Waals surface area contributed by atoms with E-state index in [1.807, 2.05) is 0 Å². The molecule has 2 aromatic rings. The van der Waals surface area contributed by atoms with E-state index in [0.717, 1.165) is 0 Å². The molecular weight excluding hydrogens is 286 g/mol. The summed E-state index contributed by atoms with van der Waals surface area (Å²) in [6.45, 7) is 0.168. The Hall–Kier alpha value is -1.99. The molecule has 0 aliphatic rings. The fourth-order valence-corrected chi connectivity index (χ4v) is 1.65. The zero-order valence-corrected chi connectivity index (χ0v) is 11.5. The lowest BCUT2D eigenvalue weighted by Gasteiger charge is -2.11. The predicted octanol–water partition coefficient (Wildman–Crippen LogP) is 1.54. The van der Waals surface area contributed by atoms with Crippen LogP contribution >= 0.6 is 11.6 Å². The molecule has 0 saturated heterocycles. The van der Waals surface area contributed by atoms with Crippen molar-refractivity contribution in [2.45, 2.75) is 6.04 Å². The largest absolute Gasteiger partial charge is 0.473 e. The number of halogens is 1. The van der Waals surface area contributed by atoms with Gasteiger partial charge in [-0.25, -0.2) is 4.79 Å². The van der Waals surface area contributed by atoms with Gasteiger partial charge in [0.2, 0.25) is 0 Å². The average molecular weight is 300 g/mol. The zero-order valence-electron chi connectivity index (χ0n) is 10.8. The Bertz CT molecular complexity index is 601. The molecule has 0 aliphatic carbocycles. The first-order valence-corrected chi connectivity index (χ1v) is 6.25. The Morgan fingerprint density at radius 3 is 3.10 bits per heavy atom. The van der Waals surface area contributed by atoms with Crippen LogP contribution in [0.4, 0.5) is 4.79 Å². The van der Waals surface area contributed by atoms with Gasteiger partial charge in [0.15, 0.2) is 5.58 Å². The minimum absolute atomic E-state index is 0.0379. The molecule has 0 bridgehead atoms. The minimum atomic E-state index is -0.542. The molecule has 0 spiro atoms. The van der Waals surface area contributed by atoms with Crippen LogP contribution in [0.2, 0.25) is 5.02 Å². The number of rotatable bonds is 5. The highest BCUT2D eigenvalue weighted by molar-refractivity contribution is 6.31. The van der Waals surface area contributed by atoms with E-state index in [9.17, 15) is 4.79 Å². The van der Waals surface area contributed by atoms with Crippen molar-refractivity contribution in [2.75, 3.05) is 20.3 Å². The smallest absolute Gasteiger partial charge is 0.406 e. The first kappa shape index (κ1) is 14.4. The van der Waals surface area contributed by atoms with Gasteiger partial charge in [0.1, 0.15) is 13.2 Å². The maximum atomic E-state index is 10.9. The number of hydrogen-bond donors (Lipinski definition) is 2. The summed E-state index contributed by atoms with van der Waals surface area (Å²) in [6, 6.07) is 4.61. The number of fused-ring (bicyclic) bond motifs is 1. The maximum absolute atomic E-state index is 10.9. The van der Waals surface area contributed by atoms with Crippen LogP contribution in [0, 0.1) is 0 Å². The molecule has 7 nitrogen and oxygen atoms in total. The van der Waals surface area contributed by atoms with Gasteiger partial charge in [-0.05, 0) is 23.4 Å². The summed E-state index contributed by atoms with van der Waals surface area (Å²) < 4.78 is 15.3. The van der Waals surface area contributed by atoms with Crippen molar-refractivity contribution < 1.29 is 18.8 Å². The number of nitrogens with one attached hydrogen (secondary N) is 1. The van der Waals surface area contributed by atoms with Gasteiger partial charge >= 0.3 is 6.09 Å². The molecule has 3 N–H and O–H groups in total. The van der Waals surface area contributed by atoms with E-state index in [1.165, 1.54) is 7.05 Å². The number of nitrogens with zero attached hydrogens (tertiary/aromatic N) is 1. The van der Waals surface area contributed by atoms with Crippen LogP contribution < -0.4 is 15.8 Å². The predicted molar refractivity (Wildman–Crippen MR) is 72.9 cm³/mol. The minimum Gasteiger partial charge on any atom is -0.473 e. The topological polar surface area (TPSA) is 99.6 Å². The van der Waals surface area contributed by atoms with E-state index in [2.05, 4.69) is 10.5 Å². The number of carbonyl (C=O) groups excluding carboxylic acids is 1. The quantitative estimate of drug-likeness (QED) is 0.869. The summed E-state index contributed by atoms with van der Waals surface area (Å²) in [7, 11) is 1.47. The number of ether oxygens (including phenoxy) is 2. The van der Waals surface area contributed by atoms with Gasteiger partial charge in [-0.2, -0.15) is 0 Å². The van der Waals surface area contributed by atoms with Gasteiger partial charge in [0.05, 0.1) is 11.4 Å². The number of aromatic nitrogens is 1. The van der Waals surface area contributed by atoms with Crippen molar-refractivity contribution in [3.8, 4) is 5.88 Å². The van der Waals surface area contributed by atoms with Crippen LogP contribution in [0.25, 0.3) is 11.0 Å². The van der Waals surface area contributed by atoms with E-state index in [0.29, 0.717) is 21.9 Å². The van der Waals surface area contributed by atoms with Gasteiger partial charge in [0, 0.05) is 12.1 Å². The number of nitrogens with two attached hydrogens (primary N) is 1. The van der Waals surface area contributed by atoms with Gasteiger partial charge in [-0.15, -0.1) is 0 Å². The summed E-state index contributed by atoms with van der Waals surface area (Å²) in [6.07, 6.45) is -0.542. The molecule has 0 radical (unpaired) electrons. The molecule has 0 aliphatic heterocycles. The van der Waals surface area contributed by atoms with Crippen LogP contribution in [0.1, 0.15) is 0 Å². The Morgan fingerprint density at radius 2 is 2.35 bits per heavy atom. The lowest BCUT2D eigenvalue weighted by atomic mass is 10.2. The van der Waals surface area contributed by atoms with E-state index in [-0.39, 0.29) is 13.2 Å². The summed E-state index contributed by atoms with van der Waals surface area (Å²) in [5.41, 5.74) is 6.32. The Morgan fingerprint density at radius 1 is 1.55 bits per heavy atom. The molecule has 1 heterocycles. The second kappa shape index (κ2) is 6.44. The second-order valence-electron chi connectivity index (χ2n) is 4.05. The number of benzene rings is 1. The average Bonchev–Trinajstić information content (AvgIpc) is 2.84. The number of hydrogen-bond acceptors (Lipinski definition) is 6. The molecule has 1 amide bonds. The summed E-state index contributed by atoms with van der Waals surface area (Å²) in [5, 5.41) is 7.33. The van der Waals surface area contributed by atoms with E-state index < -0.39 is 12.1 Å². The Kier molecular flexibility index (Phi) is 4.65. The highest BCUT2D eigenvalue weighted by atomic mass is 35.5. The molecule has 1 unspecified atom stereocenters. The van der Waals surface area contributed by atoms with Crippen LogP contribution in [0.3, 0.4) is 0 Å². The molecule has 0 fully saturated rings. The molecule has 1 aromatic heterocycles. The Labute approximate surface area is 119 Å². The highest BCUT2D eigenvalue weighted by Crippen LogP contribution is 2.27. The van der Waals surface area contributed by atoms with Crippen molar-refractivity contribution in [2.24, 2.45) is 5.73 Å². The highest BCUT2D eigenvalue weighted by Gasteiger charge is 2.13. The fraction of sp³-hybridized carbons (Fsp3) is 0.333. The molecule has 0 saturated carbocycles. The lowest BCUT2D eigenvalue weighted by Crippen LogP contribution is -2.35. The first-order valence-electron chi connectivity index (χ1n) is 5.88. The molecule has 1 aromatic carbocycles. The van der Waals surface area contributed by atoms with Crippen molar-refractivity contribution >= 4 is 28.7 Å². The van der Waals surface area contributed by atoms with Crippen molar-refractivity contribution in [3.05, 3.63) is 23.2 Å². The molecular formula is C12H14ClN3O4. The van der Waals surface area contributed by atoms with Gasteiger partial charge < -0.3 is 25.0 Å². The third kappa shape index (κ3) is 3.52. The molecule has 20 heavy (non-hydrogen) atoms. The third-order valence-corrected chi connectivity index (χ3v) is 2.70. The molecule has 2 rings (SSSR count). The zero-order chi connectivity index (χ0) is 14.5. The standard InChI is InChI=1S/C12H14ClN3O4/c1-15-12(17)19-6-8(14)5-18-11-9-4-7(13)2-3-10(9)20-16-11/h2-4,8H,5-6,14H2,1H3,(H,15,17). The monoisotopic (exact) mass is 299 g/mol. The van der Waals surface area contributed by atoms with Crippen LogP contribution in [-0.4, -0.2) is 37.6 Å². The fourth-order valence-electron chi connectivity index (χ4n) is 1.48. The van der Waals surface area contributed by atoms with Gasteiger partial charge in [-0.1, -0.05) is 11.6 Å². The number of alkyl carbamates (subject to hydrolysis) is 1. The number of carbonyl (C=O) groups is 1. The van der Waals surface area contributed by atoms with Crippen molar-refractivity contribution in [3.63, 3.8) is 0 Å². The van der Waals surface area contributed by atoms with E-state index in [1.54, 1.807) is 18.2 Å². The molecule has 108 valence electrons. The lowest BCUT2D eigenvalue weighted by molar-refractivity contribution is 0.129. The van der Waals surface area contributed by atoms with Crippen LogP contribution in [-0.2, 0) is 4.74 Å². The van der Waals surface area contributed by atoms with Gasteiger partial charge in [-0.3, -0.25) is 0 Å².